The van der Waals surface area contributed by atoms with Crippen molar-refractivity contribution in [2.24, 2.45) is 0 Å². The molecule has 0 aromatic heterocycles. The number of benzene rings is 2. The Hall–Kier alpha value is -2.89. The molecule has 3 rings (SSSR count). The third-order valence-electron chi connectivity index (χ3n) is 4.67. The Balaban J connectivity index is 1.42. The fourth-order valence-electron chi connectivity index (χ4n) is 3.01. The molecule has 6 heteroatoms. The predicted octanol–water partition coefficient (Wildman–Crippen LogP) is 2.93. The Morgan fingerprint density at radius 1 is 1.07 bits per heavy atom. The number of ether oxygens (including phenoxy) is 1. The summed E-state index contributed by atoms with van der Waals surface area (Å²) in [5.41, 5.74) is 1.57. The number of aryl methyl sites for hydroxylation is 1. The largest absolute Gasteiger partial charge is 0.484 e. The van der Waals surface area contributed by atoms with Crippen LogP contribution in [0.15, 0.2) is 48.5 Å². The maximum Gasteiger partial charge on any atom is 0.260 e. The molecule has 0 saturated carbocycles. The standard InChI is InChI=1S/C21H23FN2O3/c1-15-2-8-19(9-3-15)27-14-20(25)24-12-10-18(11-13-24)23-21(26)16-4-6-17(22)7-5-16/h2-9,18H,10-14H2,1H3,(H,23,26). The molecule has 27 heavy (non-hydrogen) atoms. The number of rotatable bonds is 5. The normalized spacial score (nSPS) is 14.7. The van der Waals surface area contributed by atoms with Crippen LogP contribution < -0.4 is 10.1 Å². The Labute approximate surface area is 158 Å². The average Bonchev–Trinajstić information content (AvgIpc) is 2.68. The molecule has 2 aromatic carbocycles. The second-order valence-corrected chi connectivity index (χ2v) is 6.74. The van der Waals surface area contributed by atoms with E-state index in [1.165, 1.54) is 24.3 Å². The molecule has 2 aromatic rings. The predicted molar refractivity (Wildman–Crippen MR) is 100 cm³/mol. The van der Waals surface area contributed by atoms with Crippen molar-refractivity contribution in [3.05, 3.63) is 65.5 Å². The van der Waals surface area contributed by atoms with E-state index in [9.17, 15) is 14.0 Å². The van der Waals surface area contributed by atoms with Crippen molar-refractivity contribution in [2.75, 3.05) is 19.7 Å². The second-order valence-electron chi connectivity index (χ2n) is 6.74. The lowest BCUT2D eigenvalue weighted by atomic mass is 10.0. The highest BCUT2D eigenvalue weighted by Crippen LogP contribution is 2.14. The number of carbonyl (C=O) groups excluding carboxylic acids is 2. The number of hydrogen-bond donors (Lipinski definition) is 1. The minimum atomic E-state index is -0.369. The van der Waals surface area contributed by atoms with E-state index in [2.05, 4.69) is 5.32 Å². The molecule has 0 unspecified atom stereocenters. The highest BCUT2D eigenvalue weighted by molar-refractivity contribution is 5.94. The van der Waals surface area contributed by atoms with E-state index in [1.807, 2.05) is 31.2 Å². The average molecular weight is 370 g/mol. The van der Waals surface area contributed by atoms with E-state index >= 15 is 0 Å². The van der Waals surface area contributed by atoms with Crippen LogP contribution in [0.5, 0.6) is 5.75 Å². The maximum atomic E-state index is 12.9. The molecule has 2 amide bonds. The van der Waals surface area contributed by atoms with Gasteiger partial charge in [-0.05, 0) is 56.2 Å². The minimum absolute atomic E-state index is 0.00428. The van der Waals surface area contributed by atoms with Crippen molar-refractivity contribution < 1.29 is 18.7 Å². The molecule has 0 bridgehead atoms. The van der Waals surface area contributed by atoms with Gasteiger partial charge in [-0.3, -0.25) is 9.59 Å². The van der Waals surface area contributed by atoms with E-state index in [0.717, 1.165) is 5.56 Å². The van der Waals surface area contributed by atoms with Gasteiger partial charge in [-0.1, -0.05) is 17.7 Å². The zero-order valence-electron chi connectivity index (χ0n) is 15.3. The smallest absolute Gasteiger partial charge is 0.260 e. The Kier molecular flexibility index (Phi) is 6.06. The molecular weight excluding hydrogens is 347 g/mol. The first-order valence-electron chi connectivity index (χ1n) is 9.05. The van der Waals surface area contributed by atoms with Gasteiger partial charge in [-0.15, -0.1) is 0 Å². The molecule has 0 radical (unpaired) electrons. The molecule has 1 aliphatic heterocycles. The van der Waals surface area contributed by atoms with Crippen molar-refractivity contribution in [2.45, 2.75) is 25.8 Å². The zero-order valence-corrected chi connectivity index (χ0v) is 15.3. The number of hydrogen-bond acceptors (Lipinski definition) is 3. The van der Waals surface area contributed by atoms with Crippen LogP contribution in [0, 0.1) is 12.7 Å². The van der Waals surface area contributed by atoms with E-state index in [0.29, 0.717) is 37.2 Å². The first-order chi connectivity index (χ1) is 13.0. The van der Waals surface area contributed by atoms with Crippen molar-refractivity contribution in [3.8, 4) is 5.75 Å². The third-order valence-corrected chi connectivity index (χ3v) is 4.67. The number of nitrogens with zero attached hydrogens (tertiary/aromatic N) is 1. The second kappa shape index (κ2) is 8.66. The van der Waals surface area contributed by atoms with Gasteiger partial charge in [0.1, 0.15) is 11.6 Å². The zero-order chi connectivity index (χ0) is 19.2. The van der Waals surface area contributed by atoms with E-state index in [-0.39, 0.29) is 30.3 Å². The SMILES string of the molecule is Cc1ccc(OCC(=O)N2CCC(NC(=O)c3ccc(F)cc3)CC2)cc1. The topological polar surface area (TPSA) is 58.6 Å². The van der Waals surface area contributed by atoms with Gasteiger partial charge in [0, 0.05) is 24.7 Å². The van der Waals surface area contributed by atoms with Crippen LogP contribution in [-0.2, 0) is 4.79 Å². The van der Waals surface area contributed by atoms with Gasteiger partial charge in [0.15, 0.2) is 6.61 Å². The van der Waals surface area contributed by atoms with Gasteiger partial charge >= 0.3 is 0 Å². The van der Waals surface area contributed by atoms with Gasteiger partial charge in [0.2, 0.25) is 0 Å². The van der Waals surface area contributed by atoms with Gasteiger partial charge in [-0.2, -0.15) is 0 Å². The summed E-state index contributed by atoms with van der Waals surface area (Å²) in [5, 5.41) is 2.95. The fourth-order valence-corrected chi connectivity index (χ4v) is 3.01. The molecule has 1 N–H and O–H groups in total. The van der Waals surface area contributed by atoms with Crippen LogP contribution in [-0.4, -0.2) is 42.5 Å². The number of likely N-dealkylation sites (tertiary alicyclic amines) is 1. The molecule has 0 spiro atoms. The monoisotopic (exact) mass is 370 g/mol. The lowest BCUT2D eigenvalue weighted by molar-refractivity contribution is -0.134. The summed E-state index contributed by atoms with van der Waals surface area (Å²) in [7, 11) is 0. The minimum Gasteiger partial charge on any atom is -0.484 e. The number of halogens is 1. The summed E-state index contributed by atoms with van der Waals surface area (Å²) in [6.45, 7) is 3.15. The molecule has 1 fully saturated rings. The van der Waals surface area contributed by atoms with Crippen LogP contribution in [0.3, 0.4) is 0 Å². The summed E-state index contributed by atoms with van der Waals surface area (Å²) in [6.07, 6.45) is 1.37. The van der Waals surface area contributed by atoms with Crippen LogP contribution in [0.2, 0.25) is 0 Å². The van der Waals surface area contributed by atoms with Gasteiger partial charge in [-0.25, -0.2) is 4.39 Å². The fraction of sp³-hybridized carbons (Fsp3) is 0.333. The third kappa shape index (κ3) is 5.29. The number of nitrogens with one attached hydrogen (secondary N) is 1. The van der Waals surface area contributed by atoms with Crippen LogP contribution in [0.25, 0.3) is 0 Å². The lowest BCUT2D eigenvalue weighted by Crippen LogP contribution is -2.47. The molecule has 0 aliphatic carbocycles. The van der Waals surface area contributed by atoms with Crippen LogP contribution in [0.1, 0.15) is 28.8 Å². The maximum absolute atomic E-state index is 12.9. The summed E-state index contributed by atoms with van der Waals surface area (Å²) in [6, 6.07) is 13.0. The van der Waals surface area contributed by atoms with Crippen molar-refractivity contribution in [1.29, 1.82) is 0 Å². The van der Waals surface area contributed by atoms with Crippen molar-refractivity contribution in [3.63, 3.8) is 0 Å². The molecule has 1 saturated heterocycles. The van der Waals surface area contributed by atoms with Gasteiger partial charge in [0.05, 0.1) is 0 Å². The van der Waals surface area contributed by atoms with Crippen molar-refractivity contribution >= 4 is 11.8 Å². The first kappa shape index (κ1) is 18.9. The Morgan fingerprint density at radius 3 is 2.33 bits per heavy atom. The first-order valence-corrected chi connectivity index (χ1v) is 9.05. The summed E-state index contributed by atoms with van der Waals surface area (Å²) >= 11 is 0. The highest BCUT2D eigenvalue weighted by Gasteiger charge is 2.24. The molecule has 0 atom stereocenters. The molecular formula is C21H23FN2O3. The summed E-state index contributed by atoms with van der Waals surface area (Å²) < 4.78 is 18.5. The quantitative estimate of drug-likeness (QED) is 0.880. The van der Waals surface area contributed by atoms with Gasteiger partial charge in [0.25, 0.3) is 11.8 Å². The van der Waals surface area contributed by atoms with E-state index < -0.39 is 0 Å². The molecule has 1 aliphatic rings. The van der Waals surface area contributed by atoms with Crippen LogP contribution >= 0.6 is 0 Å². The Morgan fingerprint density at radius 2 is 1.70 bits per heavy atom. The van der Waals surface area contributed by atoms with Crippen LogP contribution in [0.4, 0.5) is 4.39 Å². The number of piperidine rings is 1. The number of amides is 2. The lowest BCUT2D eigenvalue weighted by Gasteiger charge is -2.32. The van der Waals surface area contributed by atoms with E-state index in [4.69, 9.17) is 4.74 Å². The summed E-state index contributed by atoms with van der Waals surface area (Å²) in [5.74, 6) is 0.0305. The molecule has 142 valence electrons. The molecule has 1 heterocycles. The highest BCUT2D eigenvalue weighted by atomic mass is 19.1. The van der Waals surface area contributed by atoms with Crippen molar-refractivity contribution in [1.82, 2.24) is 10.2 Å². The molecule has 5 nitrogen and oxygen atoms in total. The summed E-state index contributed by atoms with van der Waals surface area (Å²) in [4.78, 5) is 26.2. The number of carbonyl (C=O) groups is 2. The van der Waals surface area contributed by atoms with Gasteiger partial charge < -0.3 is 15.0 Å². The van der Waals surface area contributed by atoms with E-state index in [1.54, 1.807) is 4.90 Å². The Bertz CT molecular complexity index is 782.